The summed E-state index contributed by atoms with van der Waals surface area (Å²) < 4.78 is 2.19. The summed E-state index contributed by atoms with van der Waals surface area (Å²) in [6.07, 6.45) is 7.85. The highest BCUT2D eigenvalue weighted by Gasteiger charge is 2.32. The van der Waals surface area contributed by atoms with Gasteiger partial charge in [0.05, 0.1) is 22.6 Å². The highest BCUT2D eigenvalue weighted by Crippen LogP contribution is 2.41. The van der Waals surface area contributed by atoms with Crippen LogP contribution in [0, 0.1) is 11.3 Å². The van der Waals surface area contributed by atoms with E-state index in [1.807, 2.05) is 25.1 Å². The van der Waals surface area contributed by atoms with Crippen molar-refractivity contribution in [3.63, 3.8) is 0 Å². The van der Waals surface area contributed by atoms with E-state index >= 15 is 0 Å². The van der Waals surface area contributed by atoms with Crippen molar-refractivity contribution >= 4 is 28.6 Å². The monoisotopic (exact) mass is 430 g/mol. The van der Waals surface area contributed by atoms with E-state index in [0.717, 1.165) is 42.5 Å². The van der Waals surface area contributed by atoms with E-state index in [1.165, 1.54) is 19.2 Å². The van der Waals surface area contributed by atoms with Crippen molar-refractivity contribution in [1.82, 2.24) is 24.8 Å². The van der Waals surface area contributed by atoms with Crippen LogP contribution in [0.5, 0.6) is 0 Å². The first kappa shape index (κ1) is 20.2. The molecule has 9 nitrogen and oxygen atoms in total. The van der Waals surface area contributed by atoms with Crippen molar-refractivity contribution in [1.29, 1.82) is 5.26 Å². The molecule has 0 bridgehead atoms. The minimum absolute atomic E-state index is 0.0354. The SMILES string of the molecule is C[C@H](Nc1ncnc(N)c1C#N)c1nc2cccc(C(=O)NC3CCCC3)c2n1C1CC1. The van der Waals surface area contributed by atoms with Gasteiger partial charge in [0.15, 0.2) is 0 Å². The summed E-state index contributed by atoms with van der Waals surface area (Å²) in [5.74, 6) is 1.29. The molecule has 4 N–H and O–H groups in total. The Balaban J connectivity index is 1.53. The van der Waals surface area contributed by atoms with Gasteiger partial charge in [0.1, 0.15) is 35.4 Å². The van der Waals surface area contributed by atoms with Crippen molar-refractivity contribution in [2.75, 3.05) is 11.1 Å². The fourth-order valence-corrected chi connectivity index (χ4v) is 4.58. The lowest BCUT2D eigenvalue weighted by Gasteiger charge is -2.18. The lowest BCUT2D eigenvalue weighted by molar-refractivity contribution is 0.0939. The minimum Gasteiger partial charge on any atom is -0.382 e. The molecule has 1 atom stereocenters. The van der Waals surface area contributed by atoms with Crippen LogP contribution in [0.4, 0.5) is 11.6 Å². The topological polar surface area (TPSA) is 135 Å². The molecular weight excluding hydrogens is 404 g/mol. The van der Waals surface area contributed by atoms with E-state index in [4.69, 9.17) is 10.7 Å². The summed E-state index contributed by atoms with van der Waals surface area (Å²) in [6, 6.07) is 8.08. The molecule has 1 amide bonds. The number of carbonyl (C=O) groups is 1. The largest absolute Gasteiger partial charge is 0.382 e. The minimum atomic E-state index is -0.254. The molecule has 2 heterocycles. The zero-order valence-electron chi connectivity index (χ0n) is 18.0. The average Bonchev–Trinajstić information content (AvgIpc) is 3.34. The Morgan fingerprint density at radius 3 is 2.75 bits per heavy atom. The van der Waals surface area contributed by atoms with Crippen molar-refractivity contribution in [2.24, 2.45) is 0 Å². The summed E-state index contributed by atoms with van der Waals surface area (Å²) >= 11 is 0. The van der Waals surface area contributed by atoms with E-state index in [1.54, 1.807) is 0 Å². The van der Waals surface area contributed by atoms with Crippen LogP contribution < -0.4 is 16.4 Å². The molecule has 2 aromatic heterocycles. The number of amides is 1. The summed E-state index contributed by atoms with van der Waals surface area (Å²) in [5, 5.41) is 15.9. The maximum Gasteiger partial charge on any atom is 0.253 e. The van der Waals surface area contributed by atoms with Gasteiger partial charge < -0.3 is 20.9 Å². The molecule has 0 radical (unpaired) electrons. The normalized spacial score (nSPS) is 17.2. The Morgan fingerprint density at radius 1 is 1.25 bits per heavy atom. The fourth-order valence-electron chi connectivity index (χ4n) is 4.58. The maximum atomic E-state index is 13.2. The van der Waals surface area contributed by atoms with Gasteiger partial charge in [0, 0.05) is 12.1 Å². The molecule has 2 aliphatic rings. The molecule has 164 valence electrons. The molecule has 32 heavy (non-hydrogen) atoms. The molecule has 5 rings (SSSR count). The molecule has 9 heteroatoms. The Hall–Kier alpha value is -3.67. The van der Waals surface area contributed by atoms with E-state index in [9.17, 15) is 10.1 Å². The predicted molar refractivity (Wildman–Crippen MR) is 121 cm³/mol. The Bertz CT molecular complexity index is 1220. The molecule has 2 aliphatic carbocycles. The van der Waals surface area contributed by atoms with E-state index < -0.39 is 0 Å². The first-order valence-electron chi connectivity index (χ1n) is 11.2. The van der Waals surface area contributed by atoms with Gasteiger partial charge in [0.2, 0.25) is 0 Å². The Kier molecular flexibility index (Phi) is 5.13. The van der Waals surface area contributed by atoms with Crippen LogP contribution in [0.2, 0.25) is 0 Å². The number of nitrogens with two attached hydrogens (primary N) is 1. The van der Waals surface area contributed by atoms with E-state index in [-0.39, 0.29) is 29.4 Å². The van der Waals surface area contributed by atoms with Gasteiger partial charge in [-0.05, 0) is 44.7 Å². The lowest BCUT2D eigenvalue weighted by Crippen LogP contribution is -2.32. The first-order chi connectivity index (χ1) is 15.6. The number of aromatic nitrogens is 4. The molecular formula is C23H26N8O. The van der Waals surface area contributed by atoms with Crippen LogP contribution >= 0.6 is 0 Å². The second-order valence-electron chi connectivity index (χ2n) is 8.66. The van der Waals surface area contributed by atoms with Gasteiger partial charge in [0.25, 0.3) is 5.91 Å². The number of nitrogens with one attached hydrogen (secondary N) is 2. The third-order valence-corrected chi connectivity index (χ3v) is 6.31. The van der Waals surface area contributed by atoms with Crippen LogP contribution in [0.25, 0.3) is 11.0 Å². The van der Waals surface area contributed by atoms with Gasteiger partial charge in [-0.3, -0.25) is 4.79 Å². The highest BCUT2D eigenvalue weighted by atomic mass is 16.1. The van der Waals surface area contributed by atoms with Crippen LogP contribution in [0.3, 0.4) is 0 Å². The number of para-hydroxylation sites is 1. The number of nitrogen functional groups attached to an aromatic ring is 1. The molecule has 0 unspecified atom stereocenters. The number of hydrogen-bond donors (Lipinski definition) is 3. The predicted octanol–water partition coefficient (Wildman–Crippen LogP) is 3.46. The summed E-state index contributed by atoms with van der Waals surface area (Å²) in [7, 11) is 0. The quantitative estimate of drug-likeness (QED) is 0.545. The van der Waals surface area contributed by atoms with Gasteiger partial charge in [-0.25, -0.2) is 15.0 Å². The smallest absolute Gasteiger partial charge is 0.253 e. The van der Waals surface area contributed by atoms with Gasteiger partial charge in [-0.15, -0.1) is 0 Å². The first-order valence-corrected chi connectivity index (χ1v) is 11.2. The molecule has 0 aliphatic heterocycles. The zero-order chi connectivity index (χ0) is 22.2. The van der Waals surface area contributed by atoms with Gasteiger partial charge in [-0.2, -0.15) is 5.26 Å². The average molecular weight is 431 g/mol. The fraction of sp³-hybridized carbons (Fsp3) is 0.435. The molecule has 1 aromatic carbocycles. The van der Waals surface area contributed by atoms with Gasteiger partial charge >= 0.3 is 0 Å². The Labute approximate surface area is 186 Å². The van der Waals surface area contributed by atoms with E-state index in [2.05, 4.69) is 31.2 Å². The lowest BCUT2D eigenvalue weighted by atomic mass is 10.1. The molecule has 0 spiro atoms. The van der Waals surface area contributed by atoms with Crippen molar-refractivity contribution in [2.45, 2.75) is 63.6 Å². The van der Waals surface area contributed by atoms with Crippen molar-refractivity contribution in [3.05, 3.63) is 41.5 Å². The number of hydrogen-bond acceptors (Lipinski definition) is 7. The highest BCUT2D eigenvalue weighted by molar-refractivity contribution is 6.05. The van der Waals surface area contributed by atoms with Crippen LogP contribution in [-0.2, 0) is 0 Å². The number of carbonyl (C=O) groups excluding carboxylic acids is 1. The van der Waals surface area contributed by atoms with Crippen LogP contribution in [0.15, 0.2) is 24.5 Å². The number of rotatable bonds is 6. The number of nitrogens with zero attached hydrogens (tertiary/aromatic N) is 5. The molecule has 0 saturated heterocycles. The number of imidazole rings is 1. The zero-order valence-corrected chi connectivity index (χ0v) is 18.0. The second kappa shape index (κ2) is 8.11. The maximum absolute atomic E-state index is 13.2. The summed E-state index contributed by atoms with van der Waals surface area (Å²) in [6.45, 7) is 1.97. The third kappa shape index (κ3) is 3.62. The standard InChI is InChI=1S/C23H26N8O/c1-13(28-21-17(11-24)20(25)26-12-27-21)22-30-18-8-4-7-16(19(18)31(22)15-9-10-15)23(32)29-14-5-2-3-6-14/h4,7-8,12-15H,2-3,5-6,9-10H2,1H3,(H,29,32)(H3,25,26,27,28)/t13-/m0/s1. The number of nitriles is 1. The number of anilines is 2. The molecule has 3 aromatic rings. The Morgan fingerprint density at radius 2 is 2.03 bits per heavy atom. The number of fused-ring (bicyclic) bond motifs is 1. The third-order valence-electron chi connectivity index (χ3n) is 6.31. The second-order valence-corrected chi connectivity index (χ2v) is 8.66. The van der Waals surface area contributed by atoms with Crippen molar-refractivity contribution < 1.29 is 4.79 Å². The van der Waals surface area contributed by atoms with Crippen LogP contribution in [-0.4, -0.2) is 31.5 Å². The molecule has 2 fully saturated rings. The summed E-state index contributed by atoms with van der Waals surface area (Å²) in [4.78, 5) is 26.1. The summed E-state index contributed by atoms with van der Waals surface area (Å²) in [5.41, 5.74) is 8.38. The van der Waals surface area contributed by atoms with Crippen LogP contribution in [0.1, 0.15) is 79.3 Å². The number of benzene rings is 1. The van der Waals surface area contributed by atoms with Crippen molar-refractivity contribution in [3.8, 4) is 6.07 Å². The molecule has 2 saturated carbocycles. The van der Waals surface area contributed by atoms with E-state index in [0.29, 0.717) is 17.4 Å². The van der Waals surface area contributed by atoms with Gasteiger partial charge in [-0.1, -0.05) is 18.9 Å².